The van der Waals surface area contributed by atoms with E-state index >= 15 is 0 Å². The average Bonchev–Trinajstić information content (AvgIpc) is 2.81. The summed E-state index contributed by atoms with van der Waals surface area (Å²) in [4.78, 5) is 33.3. The lowest BCUT2D eigenvalue weighted by Crippen LogP contribution is -2.39. The molecule has 11 nitrogen and oxygen atoms in total. The minimum absolute atomic E-state index is 0.111. The summed E-state index contributed by atoms with van der Waals surface area (Å²) >= 11 is 0. The Bertz CT molecular complexity index is 1350. The van der Waals surface area contributed by atoms with Crippen molar-refractivity contribution < 1.29 is 32.0 Å². The number of nitrogens with zero attached hydrogens (tertiary/aromatic N) is 2. The van der Waals surface area contributed by atoms with Crippen LogP contribution in [0.25, 0.3) is 0 Å². The van der Waals surface area contributed by atoms with Gasteiger partial charge in [-0.2, -0.15) is 8.42 Å². The lowest BCUT2D eigenvalue weighted by Gasteiger charge is -2.32. The molecule has 168 valence electrons. The van der Waals surface area contributed by atoms with Crippen molar-refractivity contribution in [1.29, 1.82) is 0 Å². The maximum Gasteiger partial charge on any atom is 0.297 e. The highest BCUT2D eigenvalue weighted by atomic mass is 32.2. The Morgan fingerprint density at radius 2 is 1.36 bits per heavy atom. The minimum atomic E-state index is -4.53. The fourth-order valence-electron chi connectivity index (χ4n) is 3.31. The number of para-hydroxylation sites is 1. The number of nitro benzene ring substituents is 2. The topological polar surface area (TPSA) is 156 Å². The van der Waals surface area contributed by atoms with E-state index in [0.717, 1.165) is 24.3 Å². The predicted octanol–water partition coefficient (Wildman–Crippen LogP) is 3.59. The van der Waals surface area contributed by atoms with Crippen molar-refractivity contribution in [3.8, 4) is 5.75 Å². The number of fused-ring (bicyclic) bond motifs is 1. The third-order valence-electron chi connectivity index (χ3n) is 4.94. The van der Waals surface area contributed by atoms with E-state index in [1.54, 1.807) is 12.1 Å². The Labute approximate surface area is 186 Å². The molecule has 0 N–H and O–H groups in total. The van der Waals surface area contributed by atoms with Crippen LogP contribution in [0.15, 0.2) is 77.7 Å². The van der Waals surface area contributed by atoms with E-state index in [0.29, 0.717) is 0 Å². The zero-order valence-corrected chi connectivity index (χ0v) is 17.4. The van der Waals surface area contributed by atoms with Crippen molar-refractivity contribution in [1.82, 2.24) is 0 Å². The number of Topliss-reactive ketones (excluding diaryl/α,β-unsaturated/α-hetero) is 1. The third kappa shape index (κ3) is 4.29. The van der Waals surface area contributed by atoms with Gasteiger partial charge >= 0.3 is 0 Å². The van der Waals surface area contributed by atoms with Crippen molar-refractivity contribution in [2.24, 2.45) is 0 Å². The van der Waals surface area contributed by atoms with Gasteiger partial charge in [-0.3, -0.25) is 29.2 Å². The molecule has 0 amide bonds. The molecule has 0 aliphatic carbocycles. The molecule has 12 heteroatoms. The van der Waals surface area contributed by atoms with E-state index in [9.17, 15) is 33.4 Å². The van der Waals surface area contributed by atoms with E-state index in [2.05, 4.69) is 0 Å². The summed E-state index contributed by atoms with van der Waals surface area (Å²) in [5.74, 6) is -0.455. The highest BCUT2D eigenvalue weighted by molar-refractivity contribution is 7.86. The zero-order valence-electron chi connectivity index (χ0n) is 16.6. The Morgan fingerprint density at radius 1 is 0.818 bits per heavy atom. The Hall–Kier alpha value is -4.16. The Balaban J connectivity index is 1.73. The predicted molar refractivity (Wildman–Crippen MR) is 112 cm³/mol. The highest BCUT2D eigenvalue weighted by Crippen LogP contribution is 2.38. The molecule has 0 radical (unpaired) electrons. The number of non-ortho nitro benzene ring substituents is 2. The van der Waals surface area contributed by atoms with Crippen LogP contribution in [-0.2, 0) is 14.3 Å². The van der Waals surface area contributed by atoms with Crippen LogP contribution < -0.4 is 4.74 Å². The second-order valence-electron chi connectivity index (χ2n) is 6.97. The molecular formula is C21H14N2O9S. The molecule has 0 saturated carbocycles. The second kappa shape index (κ2) is 8.41. The number of carbonyl (C=O) groups is 1. The van der Waals surface area contributed by atoms with Gasteiger partial charge in [0.15, 0.2) is 12.2 Å². The largest absolute Gasteiger partial charge is 0.482 e. The van der Waals surface area contributed by atoms with E-state index in [1.807, 2.05) is 0 Å². The lowest BCUT2D eigenvalue weighted by atomic mass is 9.93. The number of nitro groups is 2. The molecule has 1 aliphatic heterocycles. The first kappa shape index (κ1) is 22.0. The number of ketones is 1. The smallest absolute Gasteiger partial charge is 0.297 e. The van der Waals surface area contributed by atoms with Crippen LogP contribution in [0, 0.1) is 20.2 Å². The summed E-state index contributed by atoms with van der Waals surface area (Å²) in [5.41, 5.74) is -0.118. The van der Waals surface area contributed by atoms with E-state index in [4.69, 9.17) is 8.92 Å². The highest BCUT2D eigenvalue weighted by Gasteiger charge is 2.42. The first-order valence-electron chi connectivity index (χ1n) is 9.39. The molecule has 0 bridgehead atoms. The lowest BCUT2D eigenvalue weighted by molar-refractivity contribution is -0.385. The summed E-state index contributed by atoms with van der Waals surface area (Å²) in [7, 11) is -4.53. The van der Waals surface area contributed by atoms with Crippen LogP contribution >= 0.6 is 0 Å². The molecule has 1 heterocycles. The quantitative estimate of drug-likeness (QED) is 0.298. The maximum atomic E-state index is 13.2. The Morgan fingerprint density at radius 3 is 1.94 bits per heavy atom. The van der Waals surface area contributed by atoms with Gasteiger partial charge in [-0.1, -0.05) is 12.1 Å². The number of carbonyl (C=O) groups excluding carboxylic acids is 1. The van der Waals surface area contributed by atoms with Gasteiger partial charge in [0.05, 0.1) is 20.3 Å². The van der Waals surface area contributed by atoms with Gasteiger partial charge in [0, 0.05) is 24.3 Å². The molecule has 3 aromatic rings. The molecule has 4 rings (SSSR count). The summed E-state index contributed by atoms with van der Waals surface area (Å²) < 4.78 is 36.9. The molecule has 0 aromatic heterocycles. The van der Waals surface area contributed by atoms with Crippen LogP contribution in [0.3, 0.4) is 0 Å². The van der Waals surface area contributed by atoms with Crippen LogP contribution in [0.4, 0.5) is 11.4 Å². The van der Waals surface area contributed by atoms with Gasteiger partial charge in [0.2, 0.25) is 5.78 Å². The fourth-order valence-corrected chi connectivity index (χ4v) is 4.35. The molecule has 0 saturated heterocycles. The van der Waals surface area contributed by atoms with Crippen molar-refractivity contribution in [3.05, 3.63) is 104 Å². The second-order valence-corrected chi connectivity index (χ2v) is 8.54. The monoisotopic (exact) mass is 470 g/mol. The van der Waals surface area contributed by atoms with Gasteiger partial charge < -0.3 is 4.74 Å². The van der Waals surface area contributed by atoms with Crippen LogP contribution in [-0.4, -0.2) is 30.2 Å². The molecule has 0 spiro atoms. The van der Waals surface area contributed by atoms with E-state index in [1.165, 1.54) is 36.4 Å². The standard InChI is InChI=1S/C21H14N2O9S/c24-19-17-3-1-2-4-18(17)31-20(13-5-7-14(8-6-13)22(25)26)21(19)32-33(29,30)16-11-9-15(10-12-16)23(27)28/h1-12,20-21H/t20-,21+/m1/s1. The van der Waals surface area contributed by atoms with Gasteiger partial charge in [-0.25, -0.2) is 0 Å². The summed E-state index contributed by atoms with van der Waals surface area (Å²) in [6.45, 7) is 0. The zero-order chi connectivity index (χ0) is 23.8. The number of hydrogen-bond donors (Lipinski definition) is 0. The van der Waals surface area contributed by atoms with Crippen molar-refractivity contribution >= 4 is 27.3 Å². The van der Waals surface area contributed by atoms with Gasteiger partial charge in [-0.05, 0) is 42.0 Å². The van der Waals surface area contributed by atoms with Gasteiger partial charge in [0.25, 0.3) is 21.5 Å². The maximum absolute atomic E-state index is 13.2. The number of rotatable bonds is 6. The molecule has 1 aliphatic rings. The van der Waals surface area contributed by atoms with Crippen LogP contribution in [0.1, 0.15) is 22.0 Å². The van der Waals surface area contributed by atoms with Crippen LogP contribution in [0.5, 0.6) is 5.75 Å². The third-order valence-corrected chi connectivity index (χ3v) is 6.25. The number of hydrogen-bond acceptors (Lipinski definition) is 9. The SMILES string of the molecule is O=C1c2ccccc2O[C@H](c2ccc([N+](=O)[O-])cc2)[C@H]1OS(=O)(=O)c1ccc([N+](=O)[O-])cc1. The first-order chi connectivity index (χ1) is 15.7. The van der Waals surface area contributed by atoms with E-state index < -0.39 is 38.0 Å². The van der Waals surface area contributed by atoms with Crippen molar-refractivity contribution in [2.45, 2.75) is 17.1 Å². The summed E-state index contributed by atoms with van der Waals surface area (Å²) in [6, 6.07) is 15.3. The van der Waals surface area contributed by atoms with Gasteiger partial charge in [0.1, 0.15) is 5.75 Å². The molecule has 3 aromatic carbocycles. The van der Waals surface area contributed by atoms with E-state index in [-0.39, 0.29) is 33.1 Å². The molecule has 0 fully saturated rings. The van der Waals surface area contributed by atoms with Crippen LogP contribution in [0.2, 0.25) is 0 Å². The molecule has 0 unspecified atom stereocenters. The molecule has 33 heavy (non-hydrogen) atoms. The normalized spacial score (nSPS) is 17.6. The van der Waals surface area contributed by atoms with Crippen molar-refractivity contribution in [3.63, 3.8) is 0 Å². The number of benzene rings is 3. The summed E-state index contributed by atoms with van der Waals surface area (Å²) in [6.07, 6.45) is -2.86. The first-order valence-corrected chi connectivity index (χ1v) is 10.8. The van der Waals surface area contributed by atoms with Crippen molar-refractivity contribution in [2.75, 3.05) is 0 Å². The summed E-state index contributed by atoms with van der Waals surface area (Å²) in [5, 5.41) is 21.8. The molecule has 2 atom stereocenters. The average molecular weight is 470 g/mol. The number of ether oxygens (including phenoxy) is 1. The fraction of sp³-hybridized carbons (Fsp3) is 0.0952. The minimum Gasteiger partial charge on any atom is -0.482 e. The Kier molecular flexibility index (Phi) is 5.62. The van der Waals surface area contributed by atoms with Gasteiger partial charge in [-0.15, -0.1) is 0 Å². The molecular weight excluding hydrogens is 456 g/mol.